The fraction of sp³-hybridized carbons (Fsp3) is 0.293. The van der Waals surface area contributed by atoms with Gasteiger partial charge in [-0.05, 0) is 47.4 Å². The van der Waals surface area contributed by atoms with Gasteiger partial charge in [0.05, 0.1) is 30.1 Å². The lowest BCUT2D eigenvalue weighted by Gasteiger charge is -2.40. The zero-order chi connectivity index (χ0) is 33.8. The normalized spacial score (nSPS) is 28.3. The van der Waals surface area contributed by atoms with Crippen molar-refractivity contribution in [3.8, 4) is 0 Å². The predicted octanol–water partition coefficient (Wildman–Crippen LogP) is 4.92. The maximum absolute atomic E-state index is 15.1. The first-order valence-corrected chi connectivity index (χ1v) is 17.0. The van der Waals surface area contributed by atoms with Crippen LogP contribution in [-0.4, -0.2) is 75.6 Å². The van der Waals surface area contributed by atoms with Gasteiger partial charge in [-0.1, -0.05) is 115 Å². The number of carbonyl (C=O) groups is 3. The van der Waals surface area contributed by atoms with Crippen molar-refractivity contribution in [1.82, 2.24) is 9.80 Å². The van der Waals surface area contributed by atoms with Gasteiger partial charge in [0, 0.05) is 25.3 Å². The monoisotopic (exact) mass is 653 g/mol. The van der Waals surface area contributed by atoms with Crippen LogP contribution in [-0.2, 0) is 32.1 Å². The molecule has 4 aromatic rings. The van der Waals surface area contributed by atoms with Crippen LogP contribution in [0.4, 0.5) is 5.69 Å². The van der Waals surface area contributed by atoms with E-state index < -0.39 is 35.1 Å². The van der Waals surface area contributed by atoms with E-state index in [1.165, 1.54) is 0 Å². The number of fused-ring (bicyclic) bond motifs is 3. The molecule has 8 nitrogen and oxygen atoms in total. The maximum Gasteiger partial charge on any atom is 0.253 e. The molecule has 1 spiro atoms. The zero-order valence-corrected chi connectivity index (χ0v) is 27.4. The van der Waals surface area contributed by atoms with Crippen LogP contribution in [0.2, 0.25) is 0 Å². The topological polar surface area (TPSA) is 90.4 Å². The molecule has 8 heteroatoms. The molecule has 8 rings (SSSR count). The SMILES string of the molecule is C[C@]12C=CCN(Cc3ccccc3)C(=O)[C@H]1[C@H]1C(=O)N([C@@H](CO)Cc3ccccc3)C3C(=O)N(c4ccc5ccccc5c4)CC=C[C@@]31O2. The molecular weight excluding hydrogens is 614 g/mol. The molecule has 3 amide bonds. The van der Waals surface area contributed by atoms with Crippen LogP contribution in [0.15, 0.2) is 127 Å². The van der Waals surface area contributed by atoms with Crippen LogP contribution in [0.5, 0.6) is 0 Å². The Morgan fingerprint density at radius 3 is 2.16 bits per heavy atom. The number of likely N-dealkylation sites (tertiary alicyclic amines) is 1. The van der Waals surface area contributed by atoms with Gasteiger partial charge in [0.15, 0.2) is 0 Å². The Bertz CT molecular complexity index is 1980. The van der Waals surface area contributed by atoms with E-state index in [4.69, 9.17) is 4.74 Å². The van der Waals surface area contributed by atoms with Gasteiger partial charge in [-0.2, -0.15) is 0 Å². The minimum Gasteiger partial charge on any atom is -0.394 e. The van der Waals surface area contributed by atoms with Crippen molar-refractivity contribution < 1.29 is 24.2 Å². The molecular formula is C41H39N3O5. The molecule has 4 heterocycles. The molecule has 4 aromatic carbocycles. The summed E-state index contributed by atoms with van der Waals surface area (Å²) in [6.45, 7) is 2.53. The highest BCUT2D eigenvalue weighted by molar-refractivity contribution is 6.07. The molecule has 2 fully saturated rings. The molecule has 1 unspecified atom stereocenters. The Kier molecular flexibility index (Phi) is 7.73. The van der Waals surface area contributed by atoms with Crippen molar-refractivity contribution in [2.45, 2.75) is 43.2 Å². The molecule has 6 atom stereocenters. The number of benzene rings is 4. The van der Waals surface area contributed by atoms with Crippen molar-refractivity contribution in [3.05, 3.63) is 139 Å². The molecule has 0 aliphatic carbocycles. The third kappa shape index (κ3) is 5.09. The second-order valence-electron chi connectivity index (χ2n) is 13.8. The number of anilines is 1. The minimum atomic E-state index is -1.43. The largest absolute Gasteiger partial charge is 0.394 e. The number of amides is 3. The van der Waals surface area contributed by atoms with Gasteiger partial charge in [0.2, 0.25) is 11.8 Å². The molecule has 0 aromatic heterocycles. The molecule has 49 heavy (non-hydrogen) atoms. The standard InChI is InChI=1S/C41H39N3O5/c1-40-20-10-22-42(26-29-14-6-3-7-15-29)37(46)34(40)35-38(47)44(33(27-45)24-28-12-4-2-5-13-28)36-39(48)43(23-11-21-41(35,36)49-40)32-19-18-30-16-8-9-17-31(30)25-32/h2-21,25,33-36,45H,22-24,26-27H2,1H3/t33-,34-,35+,36?,40+,41+/m1/s1. The Balaban J connectivity index is 1.24. The summed E-state index contributed by atoms with van der Waals surface area (Å²) in [5, 5.41) is 12.9. The third-order valence-corrected chi connectivity index (χ3v) is 10.8. The van der Waals surface area contributed by atoms with Gasteiger partial charge in [-0.3, -0.25) is 14.4 Å². The lowest BCUT2D eigenvalue weighted by atomic mass is 9.74. The number of hydrogen-bond acceptors (Lipinski definition) is 5. The van der Waals surface area contributed by atoms with Crippen LogP contribution in [0, 0.1) is 11.8 Å². The quantitative estimate of drug-likeness (QED) is 0.286. The van der Waals surface area contributed by atoms with Gasteiger partial charge < -0.3 is 24.5 Å². The molecule has 4 aliphatic heterocycles. The maximum atomic E-state index is 15.1. The minimum absolute atomic E-state index is 0.188. The van der Waals surface area contributed by atoms with Crippen molar-refractivity contribution in [1.29, 1.82) is 0 Å². The van der Waals surface area contributed by atoms with E-state index in [1.807, 2.05) is 134 Å². The highest BCUT2D eigenvalue weighted by Crippen LogP contribution is 2.58. The number of rotatable bonds is 7. The van der Waals surface area contributed by atoms with Crippen molar-refractivity contribution in [2.24, 2.45) is 11.8 Å². The zero-order valence-electron chi connectivity index (χ0n) is 27.4. The van der Waals surface area contributed by atoms with Gasteiger partial charge in [0.25, 0.3) is 5.91 Å². The summed E-state index contributed by atoms with van der Waals surface area (Å²) in [5.74, 6) is -2.70. The average molecular weight is 654 g/mol. The summed E-state index contributed by atoms with van der Waals surface area (Å²) in [5.41, 5.74) is 0.0471. The fourth-order valence-corrected chi connectivity index (χ4v) is 8.56. The molecule has 2 saturated heterocycles. The predicted molar refractivity (Wildman–Crippen MR) is 187 cm³/mol. The third-order valence-electron chi connectivity index (χ3n) is 10.8. The number of carbonyl (C=O) groups excluding carboxylic acids is 3. The van der Waals surface area contributed by atoms with Crippen molar-refractivity contribution >= 4 is 34.2 Å². The molecule has 1 N–H and O–H groups in total. The van der Waals surface area contributed by atoms with E-state index in [0.29, 0.717) is 25.2 Å². The van der Waals surface area contributed by atoms with E-state index in [9.17, 15) is 9.90 Å². The summed E-state index contributed by atoms with van der Waals surface area (Å²) >= 11 is 0. The number of hydrogen-bond donors (Lipinski definition) is 1. The highest BCUT2D eigenvalue weighted by Gasteiger charge is 2.75. The Labute approximate surface area is 285 Å². The van der Waals surface area contributed by atoms with Gasteiger partial charge in [-0.25, -0.2) is 0 Å². The highest BCUT2D eigenvalue weighted by atomic mass is 16.5. The van der Waals surface area contributed by atoms with E-state index in [2.05, 4.69) is 0 Å². The fourth-order valence-electron chi connectivity index (χ4n) is 8.56. The van der Waals surface area contributed by atoms with Crippen molar-refractivity contribution in [2.75, 3.05) is 24.6 Å². The lowest BCUT2D eigenvalue weighted by molar-refractivity contribution is -0.151. The Hall–Kier alpha value is -5.05. The first-order chi connectivity index (χ1) is 23.8. The number of ether oxygens (including phenoxy) is 1. The number of aliphatic hydroxyl groups is 1. The number of nitrogens with zero attached hydrogens (tertiary/aromatic N) is 3. The van der Waals surface area contributed by atoms with Crippen LogP contribution >= 0.6 is 0 Å². The summed E-state index contributed by atoms with van der Waals surface area (Å²) < 4.78 is 7.05. The summed E-state index contributed by atoms with van der Waals surface area (Å²) in [6, 6.07) is 31.5. The molecule has 0 bridgehead atoms. The second-order valence-corrected chi connectivity index (χ2v) is 13.8. The average Bonchev–Trinajstić information content (AvgIpc) is 3.40. The van der Waals surface area contributed by atoms with Crippen molar-refractivity contribution in [3.63, 3.8) is 0 Å². The summed E-state index contributed by atoms with van der Waals surface area (Å²) in [7, 11) is 0. The van der Waals surface area contributed by atoms with E-state index in [-0.39, 0.29) is 30.9 Å². The lowest BCUT2D eigenvalue weighted by Crippen LogP contribution is -2.59. The number of aliphatic hydroxyl groups excluding tert-OH is 1. The molecule has 248 valence electrons. The van der Waals surface area contributed by atoms with Gasteiger partial charge in [-0.15, -0.1) is 0 Å². The summed E-state index contributed by atoms with van der Waals surface area (Å²) in [4.78, 5) is 49.9. The Morgan fingerprint density at radius 1 is 0.755 bits per heavy atom. The first-order valence-electron chi connectivity index (χ1n) is 17.0. The first kappa shape index (κ1) is 31.2. The van der Waals surface area contributed by atoms with E-state index >= 15 is 9.59 Å². The van der Waals surface area contributed by atoms with Gasteiger partial charge >= 0.3 is 0 Å². The second kappa shape index (κ2) is 12.1. The van der Waals surface area contributed by atoms with Crippen LogP contribution in [0.1, 0.15) is 18.1 Å². The van der Waals surface area contributed by atoms with E-state index in [1.54, 1.807) is 14.7 Å². The molecule has 0 radical (unpaired) electrons. The smallest absolute Gasteiger partial charge is 0.253 e. The van der Waals surface area contributed by atoms with Crippen LogP contribution in [0.25, 0.3) is 10.8 Å². The van der Waals surface area contributed by atoms with Crippen LogP contribution < -0.4 is 4.90 Å². The Morgan fingerprint density at radius 2 is 1.43 bits per heavy atom. The van der Waals surface area contributed by atoms with E-state index in [0.717, 1.165) is 21.9 Å². The summed E-state index contributed by atoms with van der Waals surface area (Å²) in [6.07, 6.45) is 7.93. The van der Waals surface area contributed by atoms with Crippen LogP contribution in [0.3, 0.4) is 0 Å². The molecule has 0 saturated carbocycles. The molecule has 4 aliphatic rings. The van der Waals surface area contributed by atoms with Gasteiger partial charge in [0.1, 0.15) is 11.6 Å².